The Labute approximate surface area is 179 Å². The molecule has 1 fully saturated rings. The maximum Gasteiger partial charge on any atom is 0.181 e. The van der Waals surface area contributed by atoms with Crippen LogP contribution in [-0.4, -0.2) is 43.2 Å². The molecule has 7 heteroatoms. The van der Waals surface area contributed by atoms with Gasteiger partial charge in [0.05, 0.1) is 11.4 Å². The molecule has 6 rings (SSSR count). The summed E-state index contributed by atoms with van der Waals surface area (Å²) in [6.07, 6.45) is 11.2. The summed E-state index contributed by atoms with van der Waals surface area (Å²) in [5.41, 5.74) is 8.02. The third kappa shape index (κ3) is 3.04. The molecule has 0 saturated carbocycles. The van der Waals surface area contributed by atoms with Crippen LogP contribution in [0.3, 0.4) is 0 Å². The largest absolute Gasteiger partial charge is 0.371 e. The van der Waals surface area contributed by atoms with Crippen molar-refractivity contribution in [3.8, 4) is 22.5 Å². The van der Waals surface area contributed by atoms with Crippen LogP contribution in [0.25, 0.3) is 44.6 Å². The molecule has 1 saturated heterocycles. The Morgan fingerprint density at radius 2 is 1.84 bits per heavy atom. The zero-order chi connectivity index (χ0) is 20.8. The van der Waals surface area contributed by atoms with Gasteiger partial charge < -0.3 is 9.88 Å². The molecule has 0 aromatic carbocycles. The standard InChI is InChI=1S/C24H23N7/c1-15-5-7-25-14-19(15)16-11-18-22(29-30-24(18)27-13-16)20-12-17-21(6-8-26-23(17)28-20)31-9-3-2-4-10-31/h5-8,11-14H,2-4,9-10H2,1H3,(H,26,28)(H,27,29,30). The number of rotatable bonds is 3. The lowest BCUT2D eigenvalue weighted by Gasteiger charge is -2.29. The molecule has 0 amide bonds. The van der Waals surface area contributed by atoms with Crippen molar-refractivity contribution >= 4 is 27.8 Å². The van der Waals surface area contributed by atoms with Gasteiger partial charge >= 0.3 is 0 Å². The van der Waals surface area contributed by atoms with E-state index in [2.05, 4.69) is 60.2 Å². The Morgan fingerprint density at radius 3 is 2.71 bits per heavy atom. The summed E-state index contributed by atoms with van der Waals surface area (Å²) in [6, 6.07) is 8.46. The third-order valence-electron chi connectivity index (χ3n) is 6.23. The highest BCUT2D eigenvalue weighted by molar-refractivity contribution is 5.98. The SMILES string of the molecule is Cc1ccncc1-c1cnc2n[nH]c(-c3cc4c(N5CCCCC5)ccnc4[nH]3)c2c1. The van der Waals surface area contributed by atoms with E-state index in [1.807, 2.05) is 30.9 Å². The number of aromatic nitrogens is 6. The molecule has 0 atom stereocenters. The number of hydrogen-bond acceptors (Lipinski definition) is 5. The minimum atomic E-state index is 0.697. The molecule has 2 N–H and O–H groups in total. The Morgan fingerprint density at radius 1 is 0.935 bits per heavy atom. The van der Waals surface area contributed by atoms with Gasteiger partial charge in [0.25, 0.3) is 0 Å². The lowest BCUT2D eigenvalue weighted by atomic mass is 10.0. The fraction of sp³-hybridized carbons (Fsp3) is 0.250. The number of nitrogens with zero attached hydrogens (tertiary/aromatic N) is 5. The second-order valence-corrected chi connectivity index (χ2v) is 8.21. The van der Waals surface area contributed by atoms with Gasteiger partial charge in [-0.25, -0.2) is 9.97 Å². The number of pyridine rings is 3. The van der Waals surface area contributed by atoms with Crippen LogP contribution in [0.2, 0.25) is 0 Å². The van der Waals surface area contributed by atoms with Crippen molar-refractivity contribution in [2.24, 2.45) is 0 Å². The predicted molar refractivity (Wildman–Crippen MR) is 123 cm³/mol. The van der Waals surface area contributed by atoms with Gasteiger partial charge in [-0.1, -0.05) is 0 Å². The topological polar surface area (TPSA) is 86.4 Å². The second-order valence-electron chi connectivity index (χ2n) is 8.21. The fourth-order valence-corrected chi connectivity index (χ4v) is 4.58. The average molecular weight is 409 g/mol. The number of piperidine rings is 1. The zero-order valence-corrected chi connectivity index (χ0v) is 17.4. The molecule has 0 spiro atoms. The number of aromatic amines is 2. The first-order valence-electron chi connectivity index (χ1n) is 10.8. The first-order valence-corrected chi connectivity index (χ1v) is 10.8. The van der Waals surface area contributed by atoms with E-state index >= 15 is 0 Å². The van der Waals surface area contributed by atoms with Crippen molar-refractivity contribution < 1.29 is 0 Å². The molecule has 5 aromatic heterocycles. The van der Waals surface area contributed by atoms with E-state index in [1.54, 1.807) is 0 Å². The summed E-state index contributed by atoms with van der Waals surface area (Å²) >= 11 is 0. The first kappa shape index (κ1) is 18.1. The highest BCUT2D eigenvalue weighted by atomic mass is 15.2. The summed E-state index contributed by atoms with van der Waals surface area (Å²) in [7, 11) is 0. The monoisotopic (exact) mass is 409 g/mol. The van der Waals surface area contributed by atoms with Gasteiger partial charge in [-0.2, -0.15) is 5.10 Å². The fourth-order valence-electron chi connectivity index (χ4n) is 4.58. The van der Waals surface area contributed by atoms with Crippen molar-refractivity contribution in [3.05, 3.63) is 54.6 Å². The minimum Gasteiger partial charge on any atom is -0.371 e. The van der Waals surface area contributed by atoms with Crippen LogP contribution in [-0.2, 0) is 0 Å². The van der Waals surface area contributed by atoms with Crippen LogP contribution < -0.4 is 4.90 Å². The van der Waals surface area contributed by atoms with E-state index in [0.717, 1.165) is 52.0 Å². The second kappa shape index (κ2) is 7.19. The lowest BCUT2D eigenvalue weighted by Crippen LogP contribution is -2.29. The van der Waals surface area contributed by atoms with Crippen LogP contribution in [0.1, 0.15) is 24.8 Å². The molecule has 0 radical (unpaired) electrons. The van der Waals surface area contributed by atoms with E-state index in [-0.39, 0.29) is 0 Å². The van der Waals surface area contributed by atoms with Crippen molar-refractivity contribution in [1.29, 1.82) is 0 Å². The van der Waals surface area contributed by atoms with Crippen molar-refractivity contribution in [1.82, 2.24) is 30.1 Å². The Bertz CT molecular complexity index is 1390. The minimum absolute atomic E-state index is 0.697. The Hall–Kier alpha value is -3.74. The molecule has 0 aliphatic carbocycles. The van der Waals surface area contributed by atoms with Crippen LogP contribution in [0.15, 0.2) is 49.1 Å². The molecule has 6 heterocycles. The molecule has 5 aromatic rings. The Kier molecular flexibility index (Phi) is 4.19. The number of hydrogen-bond donors (Lipinski definition) is 2. The summed E-state index contributed by atoms with van der Waals surface area (Å²) in [5, 5.41) is 9.74. The van der Waals surface area contributed by atoms with Crippen molar-refractivity contribution in [2.75, 3.05) is 18.0 Å². The predicted octanol–water partition coefficient (Wildman–Crippen LogP) is 4.86. The number of nitrogens with one attached hydrogen (secondary N) is 2. The molecule has 1 aliphatic rings. The molecule has 0 unspecified atom stereocenters. The van der Waals surface area contributed by atoms with Crippen molar-refractivity contribution in [3.63, 3.8) is 0 Å². The number of aryl methyl sites for hydroxylation is 1. The van der Waals surface area contributed by atoms with Gasteiger partial charge in [0.1, 0.15) is 5.65 Å². The van der Waals surface area contributed by atoms with Crippen molar-refractivity contribution in [2.45, 2.75) is 26.2 Å². The van der Waals surface area contributed by atoms with Gasteiger partial charge in [-0.15, -0.1) is 0 Å². The van der Waals surface area contributed by atoms with Gasteiger partial charge in [0, 0.05) is 65.5 Å². The number of H-pyrrole nitrogens is 2. The maximum absolute atomic E-state index is 4.58. The molecule has 154 valence electrons. The summed E-state index contributed by atoms with van der Waals surface area (Å²) in [4.78, 5) is 19.4. The molecule has 31 heavy (non-hydrogen) atoms. The first-order chi connectivity index (χ1) is 15.3. The van der Waals surface area contributed by atoms with Gasteiger partial charge in [-0.05, 0) is 56.0 Å². The van der Waals surface area contributed by atoms with Gasteiger partial charge in [0.2, 0.25) is 0 Å². The van der Waals surface area contributed by atoms with Crippen LogP contribution in [0.4, 0.5) is 5.69 Å². The van der Waals surface area contributed by atoms with Crippen LogP contribution in [0, 0.1) is 6.92 Å². The van der Waals surface area contributed by atoms with Gasteiger partial charge in [-0.3, -0.25) is 10.1 Å². The quantitative estimate of drug-likeness (QED) is 0.444. The molecular weight excluding hydrogens is 386 g/mol. The highest BCUT2D eigenvalue weighted by Crippen LogP contribution is 2.34. The smallest absolute Gasteiger partial charge is 0.181 e. The summed E-state index contributed by atoms with van der Waals surface area (Å²) in [6.45, 7) is 4.29. The van der Waals surface area contributed by atoms with E-state index in [9.17, 15) is 0 Å². The van der Waals surface area contributed by atoms with E-state index < -0.39 is 0 Å². The summed E-state index contributed by atoms with van der Waals surface area (Å²) in [5.74, 6) is 0. The van der Waals surface area contributed by atoms with E-state index in [4.69, 9.17) is 0 Å². The molecular formula is C24H23N7. The van der Waals surface area contributed by atoms with Gasteiger partial charge in [0.15, 0.2) is 5.65 Å². The summed E-state index contributed by atoms with van der Waals surface area (Å²) < 4.78 is 0. The molecule has 1 aliphatic heterocycles. The zero-order valence-electron chi connectivity index (χ0n) is 17.4. The highest BCUT2D eigenvalue weighted by Gasteiger charge is 2.18. The number of fused-ring (bicyclic) bond motifs is 2. The Balaban J connectivity index is 1.47. The molecule has 0 bridgehead atoms. The maximum atomic E-state index is 4.58. The number of anilines is 1. The van der Waals surface area contributed by atoms with E-state index in [0.29, 0.717) is 5.65 Å². The average Bonchev–Trinajstić information content (AvgIpc) is 3.43. The third-order valence-corrected chi connectivity index (χ3v) is 6.23. The van der Waals surface area contributed by atoms with E-state index in [1.165, 1.54) is 30.5 Å². The van der Waals surface area contributed by atoms with Crippen LogP contribution >= 0.6 is 0 Å². The lowest BCUT2D eigenvalue weighted by molar-refractivity contribution is 0.579. The normalized spacial score (nSPS) is 14.5. The molecule has 7 nitrogen and oxygen atoms in total. The van der Waals surface area contributed by atoms with Crippen LogP contribution in [0.5, 0.6) is 0 Å².